The van der Waals surface area contributed by atoms with Crippen molar-refractivity contribution in [2.45, 2.75) is 51.2 Å². The van der Waals surface area contributed by atoms with Gasteiger partial charge in [-0.2, -0.15) is 0 Å². The zero-order valence-electron chi connectivity index (χ0n) is 12.2. The summed E-state index contributed by atoms with van der Waals surface area (Å²) >= 11 is 2.32. The van der Waals surface area contributed by atoms with E-state index in [0.29, 0.717) is 11.8 Å². The minimum absolute atomic E-state index is 0.345. The van der Waals surface area contributed by atoms with E-state index < -0.39 is 11.0 Å². The second kappa shape index (κ2) is 7.18. The molecule has 2 nitrogen and oxygen atoms in total. The fraction of sp³-hybridized carbons (Fsp3) is 0.600. The van der Waals surface area contributed by atoms with Crippen LogP contribution in [0.25, 0.3) is 0 Å². The van der Waals surface area contributed by atoms with E-state index >= 15 is 0 Å². The van der Waals surface area contributed by atoms with Gasteiger partial charge in [-0.15, -0.1) is 0 Å². The van der Waals surface area contributed by atoms with Crippen molar-refractivity contribution in [2.75, 3.05) is 0 Å². The van der Waals surface area contributed by atoms with Crippen LogP contribution in [-0.4, -0.2) is 8.96 Å². The normalized spacial score (nSPS) is 15.5. The number of rotatable bonds is 6. The zero-order valence-corrected chi connectivity index (χ0v) is 15.1. The molecule has 0 bridgehead atoms. The van der Waals surface area contributed by atoms with Gasteiger partial charge in [0, 0.05) is 3.57 Å². The highest BCUT2D eigenvalue weighted by Gasteiger charge is 2.29. The van der Waals surface area contributed by atoms with E-state index in [0.717, 1.165) is 12.8 Å². The molecule has 2 N–H and O–H groups in total. The molecule has 1 rings (SSSR count). The fourth-order valence-electron chi connectivity index (χ4n) is 2.32. The molecule has 0 aliphatic heterocycles. The van der Waals surface area contributed by atoms with Crippen molar-refractivity contribution < 1.29 is 4.21 Å². The van der Waals surface area contributed by atoms with Crippen molar-refractivity contribution in [3.8, 4) is 0 Å². The number of benzene rings is 1. The van der Waals surface area contributed by atoms with Gasteiger partial charge in [0.25, 0.3) is 0 Å². The molecule has 0 saturated heterocycles. The summed E-state index contributed by atoms with van der Waals surface area (Å²) in [5.74, 6) is 1.03. The number of halogens is 1. The maximum absolute atomic E-state index is 11.7. The monoisotopic (exact) mass is 393 g/mol. The summed E-state index contributed by atoms with van der Waals surface area (Å²) in [5, 5.41) is 5.62. The Labute approximate surface area is 133 Å². The first kappa shape index (κ1) is 17.1. The lowest BCUT2D eigenvalue weighted by molar-refractivity contribution is 0.436. The molecule has 0 amide bonds. The topological polar surface area (TPSA) is 43.1 Å². The van der Waals surface area contributed by atoms with E-state index in [4.69, 9.17) is 5.14 Å². The Morgan fingerprint density at radius 3 is 2.21 bits per heavy atom. The molecule has 0 aliphatic rings. The highest BCUT2D eigenvalue weighted by molar-refractivity contribution is 14.1. The Balaban J connectivity index is 2.95. The smallest absolute Gasteiger partial charge is 0.0945 e. The van der Waals surface area contributed by atoms with Crippen LogP contribution in [0, 0.1) is 9.49 Å². The Hall–Kier alpha value is 0.0600. The van der Waals surface area contributed by atoms with E-state index in [2.05, 4.69) is 60.7 Å². The van der Waals surface area contributed by atoms with Gasteiger partial charge in [-0.3, -0.25) is 5.14 Å². The minimum Gasteiger partial charge on any atom is -0.251 e. The number of hydrogen-bond acceptors (Lipinski definition) is 1. The molecule has 0 aromatic heterocycles. The van der Waals surface area contributed by atoms with Crippen molar-refractivity contribution >= 4 is 33.6 Å². The van der Waals surface area contributed by atoms with Crippen LogP contribution >= 0.6 is 22.6 Å². The zero-order chi connectivity index (χ0) is 14.6. The van der Waals surface area contributed by atoms with Gasteiger partial charge in [-0.05, 0) is 78.8 Å². The maximum atomic E-state index is 11.7. The van der Waals surface area contributed by atoms with Crippen LogP contribution in [0.3, 0.4) is 0 Å². The Morgan fingerprint density at radius 2 is 1.79 bits per heavy atom. The quantitative estimate of drug-likeness (QED) is 0.723. The van der Waals surface area contributed by atoms with Crippen molar-refractivity contribution in [3.63, 3.8) is 0 Å². The van der Waals surface area contributed by atoms with Gasteiger partial charge in [0.2, 0.25) is 0 Å². The molecule has 1 aromatic rings. The molecular formula is C15H24INOS. The average molecular weight is 393 g/mol. The summed E-state index contributed by atoms with van der Waals surface area (Å²) in [5.41, 5.74) is 1.33. The van der Waals surface area contributed by atoms with E-state index in [1.54, 1.807) is 0 Å². The van der Waals surface area contributed by atoms with Gasteiger partial charge in [-0.25, -0.2) is 4.21 Å². The third kappa shape index (κ3) is 5.52. The molecule has 0 aliphatic carbocycles. The summed E-state index contributed by atoms with van der Waals surface area (Å²) < 4.78 is 12.6. The van der Waals surface area contributed by atoms with Crippen molar-refractivity contribution in [2.24, 2.45) is 11.1 Å². The van der Waals surface area contributed by atoms with E-state index in [1.807, 2.05) is 13.8 Å². The molecular weight excluding hydrogens is 369 g/mol. The molecule has 0 spiro atoms. The molecule has 19 heavy (non-hydrogen) atoms. The van der Waals surface area contributed by atoms with Crippen LogP contribution in [0.1, 0.15) is 52.0 Å². The predicted octanol–water partition coefficient (Wildman–Crippen LogP) is 4.21. The minimum atomic E-state index is -1.29. The largest absolute Gasteiger partial charge is 0.251 e. The van der Waals surface area contributed by atoms with Gasteiger partial charge >= 0.3 is 0 Å². The summed E-state index contributed by atoms with van der Waals surface area (Å²) in [6.07, 6.45) is 1.95. The van der Waals surface area contributed by atoms with E-state index in [9.17, 15) is 4.21 Å². The lowest BCUT2D eigenvalue weighted by atomic mass is 9.84. The molecule has 108 valence electrons. The second-order valence-corrected chi connectivity index (χ2v) is 9.08. The standard InChI is InChI=1S/C15H24INOS/c1-11(2)9-13(10-15(3,4)19(17)18)12-5-7-14(16)8-6-12/h5-8,11,13H,9-10,17H2,1-4H3. The van der Waals surface area contributed by atoms with Gasteiger partial charge in [0.1, 0.15) is 0 Å². The third-order valence-corrected chi connectivity index (χ3v) is 5.36. The number of nitrogens with two attached hydrogens (primary N) is 1. The third-order valence-electron chi connectivity index (χ3n) is 3.38. The van der Waals surface area contributed by atoms with Crippen molar-refractivity contribution in [1.29, 1.82) is 0 Å². The van der Waals surface area contributed by atoms with Crippen LogP contribution in [0.4, 0.5) is 0 Å². The summed E-state index contributed by atoms with van der Waals surface area (Å²) in [7, 11) is -1.29. The molecule has 1 aromatic carbocycles. The molecule has 0 radical (unpaired) electrons. The molecule has 2 unspecified atom stereocenters. The first-order valence-corrected chi connectivity index (χ1v) is 8.93. The molecule has 0 heterocycles. The fourth-order valence-corrected chi connectivity index (χ4v) is 3.04. The Kier molecular flexibility index (Phi) is 6.47. The molecule has 2 atom stereocenters. The number of hydrogen-bond donors (Lipinski definition) is 1. The van der Waals surface area contributed by atoms with Crippen LogP contribution in [0.5, 0.6) is 0 Å². The van der Waals surface area contributed by atoms with Crippen LogP contribution < -0.4 is 5.14 Å². The summed E-state index contributed by atoms with van der Waals surface area (Å²) in [4.78, 5) is 0. The first-order valence-electron chi connectivity index (χ1n) is 6.64. The first-order chi connectivity index (χ1) is 8.72. The summed E-state index contributed by atoms with van der Waals surface area (Å²) in [6.45, 7) is 8.44. The van der Waals surface area contributed by atoms with Crippen LogP contribution in [0.2, 0.25) is 0 Å². The SMILES string of the molecule is CC(C)CC(CC(C)(C)S(N)=O)c1ccc(I)cc1. The van der Waals surface area contributed by atoms with Crippen molar-refractivity contribution in [1.82, 2.24) is 0 Å². The average Bonchev–Trinajstić information content (AvgIpc) is 2.27. The Morgan fingerprint density at radius 1 is 1.26 bits per heavy atom. The second-order valence-electron chi connectivity index (χ2n) is 6.14. The maximum Gasteiger partial charge on any atom is 0.0945 e. The van der Waals surface area contributed by atoms with E-state index in [1.165, 1.54) is 9.13 Å². The molecule has 0 saturated carbocycles. The molecule has 4 heteroatoms. The van der Waals surface area contributed by atoms with Gasteiger partial charge in [0.05, 0.1) is 15.7 Å². The Bertz CT molecular complexity index is 428. The highest BCUT2D eigenvalue weighted by atomic mass is 127. The lowest BCUT2D eigenvalue weighted by Gasteiger charge is -2.29. The van der Waals surface area contributed by atoms with Gasteiger partial charge in [0.15, 0.2) is 0 Å². The molecule has 0 fully saturated rings. The van der Waals surface area contributed by atoms with Crippen LogP contribution in [0.15, 0.2) is 24.3 Å². The van der Waals surface area contributed by atoms with Crippen molar-refractivity contribution in [3.05, 3.63) is 33.4 Å². The highest BCUT2D eigenvalue weighted by Crippen LogP contribution is 2.33. The lowest BCUT2D eigenvalue weighted by Crippen LogP contribution is -2.34. The van der Waals surface area contributed by atoms with Gasteiger partial charge in [-0.1, -0.05) is 26.0 Å². The van der Waals surface area contributed by atoms with Gasteiger partial charge < -0.3 is 0 Å². The summed E-state index contributed by atoms with van der Waals surface area (Å²) in [6, 6.07) is 8.64. The predicted molar refractivity (Wildman–Crippen MR) is 92.4 cm³/mol. The van der Waals surface area contributed by atoms with Crippen LogP contribution in [-0.2, 0) is 11.0 Å². The van der Waals surface area contributed by atoms with E-state index in [-0.39, 0.29) is 4.75 Å².